The van der Waals surface area contributed by atoms with Crippen LogP contribution in [-0.4, -0.2) is 19.2 Å². The van der Waals surface area contributed by atoms with Crippen molar-refractivity contribution in [2.75, 3.05) is 0 Å². The third kappa shape index (κ3) is 4.17. The van der Waals surface area contributed by atoms with Gasteiger partial charge in [-0.1, -0.05) is 17.7 Å². The molecule has 0 atom stereocenters. The van der Waals surface area contributed by atoms with Gasteiger partial charge in [-0.15, -0.1) is 0 Å². The lowest BCUT2D eigenvalue weighted by molar-refractivity contribution is 0.294. The molecule has 176 valence electrons. The number of aromatic nitrogens is 4. The molecule has 0 fully saturated rings. The molecule has 0 bridgehead atoms. The van der Waals surface area contributed by atoms with Crippen molar-refractivity contribution in [1.82, 2.24) is 19.2 Å². The van der Waals surface area contributed by atoms with Crippen LogP contribution in [0.15, 0.2) is 71.7 Å². The molecule has 0 saturated carbocycles. The van der Waals surface area contributed by atoms with E-state index in [1.54, 1.807) is 42.1 Å². The summed E-state index contributed by atoms with van der Waals surface area (Å²) < 4.78 is 36.8. The highest BCUT2D eigenvalue weighted by Gasteiger charge is 2.19. The van der Waals surface area contributed by atoms with E-state index < -0.39 is 11.6 Å². The fourth-order valence-electron chi connectivity index (χ4n) is 3.91. The summed E-state index contributed by atoms with van der Waals surface area (Å²) >= 11 is 5.99. The third-order valence-electron chi connectivity index (χ3n) is 5.65. The Morgan fingerprint density at radius 2 is 1.71 bits per heavy atom. The van der Waals surface area contributed by atoms with Crippen LogP contribution in [-0.2, 0) is 6.61 Å². The van der Waals surface area contributed by atoms with E-state index in [1.165, 1.54) is 10.5 Å². The summed E-state index contributed by atoms with van der Waals surface area (Å²) in [5.74, 6) is -1.19. The molecule has 0 N–H and O–H groups in total. The number of fused-ring (bicyclic) bond motifs is 1. The zero-order valence-electron chi connectivity index (χ0n) is 18.8. The quantitative estimate of drug-likeness (QED) is 0.317. The maximum Gasteiger partial charge on any atom is 0.267 e. The molecule has 0 aliphatic heterocycles. The van der Waals surface area contributed by atoms with Gasteiger partial charge in [0.2, 0.25) is 0 Å². The molecule has 0 amide bonds. The van der Waals surface area contributed by atoms with Gasteiger partial charge in [0, 0.05) is 16.9 Å². The van der Waals surface area contributed by atoms with E-state index in [2.05, 4.69) is 10.1 Å². The maximum absolute atomic E-state index is 14.0. The van der Waals surface area contributed by atoms with Gasteiger partial charge in [0.1, 0.15) is 23.9 Å². The van der Waals surface area contributed by atoms with Gasteiger partial charge in [0.25, 0.3) is 5.56 Å². The standard InChI is InChI=1S/C26H19ClF2N4O2/c1-15-13-22(31-33(15)18-10-8-17(27)9-11-18)24-16(2)30-25-23(7-4-12-32(25)26(24)34)35-14-19-20(28)5-3-6-21(19)29/h3-13H,14H2,1-2H3. The van der Waals surface area contributed by atoms with Crippen molar-refractivity contribution in [3.63, 3.8) is 0 Å². The second-order valence-electron chi connectivity index (χ2n) is 7.99. The predicted octanol–water partition coefficient (Wildman–Crippen LogP) is 5.67. The van der Waals surface area contributed by atoms with E-state index in [4.69, 9.17) is 16.3 Å². The molecular weight excluding hydrogens is 474 g/mol. The van der Waals surface area contributed by atoms with Crippen LogP contribution >= 0.6 is 11.6 Å². The summed E-state index contributed by atoms with van der Waals surface area (Å²) in [6.45, 7) is 3.25. The Morgan fingerprint density at radius 1 is 1.00 bits per heavy atom. The molecule has 0 saturated heterocycles. The first kappa shape index (κ1) is 22.7. The van der Waals surface area contributed by atoms with Crippen LogP contribution in [0.3, 0.4) is 0 Å². The smallest absolute Gasteiger partial charge is 0.267 e. The second kappa shape index (κ2) is 8.96. The first-order chi connectivity index (χ1) is 16.8. The Balaban J connectivity index is 1.55. The first-order valence-corrected chi connectivity index (χ1v) is 11.1. The Kier molecular flexibility index (Phi) is 5.82. The lowest BCUT2D eigenvalue weighted by Crippen LogP contribution is -2.19. The Morgan fingerprint density at radius 3 is 2.43 bits per heavy atom. The van der Waals surface area contributed by atoms with E-state index in [-0.39, 0.29) is 29.1 Å². The van der Waals surface area contributed by atoms with Gasteiger partial charge in [-0.05, 0) is 68.4 Å². The third-order valence-corrected chi connectivity index (χ3v) is 5.90. The lowest BCUT2D eigenvalue weighted by atomic mass is 10.1. The lowest BCUT2D eigenvalue weighted by Gasteiger charge is -2.12. The first-order valence-electron chi connectivity index (χ1n) is 10.7. The highest BCUT2D eigenvalue weighted by atomic mass is 35.5. The second-order valence-corrected chi connectivity index (χ2v) is 8.43. The van der Waals surface area contributed by atoms with Gasteiger partial charge < -0.3 is 4.74 Å². The summed E-state index contributed by atoms with van der Waals surface area (Å²) in [5, 5.41) is 5.25. The molecule has 5 aromatic rings. The number of rotatable bonds is 5. The molecule has 5 rings (SSSR count). The van der Waals surface area contributed by atoms with Crippen molar-refractivity contribution in [2.45, 2.75) is 20.5 Å². The van der Waals surface area contributed by atoms with Gasteiger partial charge in [0.15, 0.2) is 11.4 Å². The molecular formula is C26H19ClF2N4O2. The molecule has 9 heteroatoms. The van der Waals surface area contributed by atoms with Crippen LogP contribution in [0.4, 0.5) is 8.78 Å². The van der Waals surface area contributed by atoms with E-state index >= 15 is 0 Å². The van der Waals surface area contributed by atoms with Crippen LogP contribution in [0.2, 0.25) is 5.02 Å². The molecule has 2 aromatic carbocycles. The summed E-state index contributed by atoms with van der Waals surface area (Å²) in [7, 11) is 0. The van der Waals surface area contributed by atoms with Crippen molar-refractivity contribution < 1.29 is 13.5 Å². The van der Waals surface area contributed by atoms with Crippen LogP contribution in [0, 0.1) is 25.5 Å². The topological polar surface area (TPSA) is 61.4 Å². The molecule has 0 spiro atoms. The minimum Gasteiger partial charge on any atom is -0.485 e. The molecule has 0 aliphatic carbocycles. The summed E-state index contributed by atoms with van der Waals surface area (Å²) in [6.07, 6.45) is 1.56. The number of ether oxygens (including phenoxy) is 1. The summed E-state index contributed by atoms with van der Waals surface area (Å²) in [4.78, 5) is 18.0. The van der Waals surface area contributed by atoms with Crippen molar-refractivity contribution in [2.24, 2.45) is 0 Å². The van der Waals surface area contributed by atoms with E-state index in [0.29, 0.717) is 22.0 Å². The average molecular weight is 493 g/mol. The Labute approximate surface area is 204 Å². The number of hydrogen-bond acceptors (Lipinski definition) is 4. The number of hydrogen-bond donors (Lipinski definition) is 0. The highest BCUT2D eigenvalue weighted by Crippen LogP contribution is 2.25. The zero-order chi connectivity index (χ0) is 24.7. The maximum atomic E-state index is 14.0. The summed E-state index contributed by atoms with van der Waals surface area (Å²) in [6, 6.07) is 15.8. The van der Waals surface area contributed by atoms with Crippen molar-refractivity contribution in [1.29, 1.82) is 0 Å². The van der Waals surface area contributed by atoms with Crippen LogP contribution in [0.1, 0.15) is 17.0 Å². The monoisotopic (exact) mass is 492 g/mol. The largest absolute Gasteiger partial charge is 0.485 e. The van der Waals surface area contributed by atoms with Crippen LogP contribution < -0.4 is 10.3 Å². The number of halogens is 3. The van der Waals surface area contributed by atoms with Gasteiger partial charge in [-0.3, -0.25) is 9.20 Å². The van der Waals surface area contributed by atoms with Gasteiger partial charge >= 0.3 is 0 Å². The molecule has 35 heavy (non-hydrogen) atoms. The highest BCUT2D eigenvalue weighted by molar-refractivity contribution is 6.30. The van der Waals surface area contributed by atoms with Crippen molar-refractivity contribution in [3.8, 4) is 22.7 Å². The van der Waals surface area contributed by atoms with Crippen molar-refractivity contribution >= 4 is 17.2 Å². The minimum atomic E-state index is -0.708. The predicted molar refractivity (Wildman–Crippen MR) is 129 cm³/mol. The van der Waals surface area contributed by atoms with Crippen molar-refractivity contribution in [3.05, 3.63) is 111 Å². The number of benzene rings is 2. The minimum absolute atomic E-state index is 0.201. The Hall–Kier alpha value is -4.04. The fourth-order valence-corrected chi connectivity index (χ4v) is 4.04. The number of pyridine rings is 1. The van der Waals surface area contributed by atoms with E-state index in [1.807, 2.05) is 25.1 Å². The molecule has 3 aromatic heterocycles. The number of aryl methyl sites for hydroxylation is 2. The fraction of sp³-hybridized carbons (Fsp3) is 0.115. The zero-order valence-corrected chi connectivity index (χ0v) is 19.6. The Bertz CT molecular complexity index is 1610. The SMILES string of the molecule is Cc1nc2c(OCc3c(F)cccc3F)cccn2c(=O)c1-c1cc(C)n(-c2ccc(Cl)cc2)n1. The normalized spacial score (nSPS) is 11.2. The molecule has 0 unspecified atom stereocenters. The average Bonchev–Trinajstić information content (AvgIpc) is 3.20. The summed E-state index contributed by atoms with van der Waals surface area (Å²) in [5.41, 5.74) is 2.60. The molecule has 0 radical (unpaired) electrons. The van der Waals surface area contributed by atoms with E-state index in [9.17, 15) is 13.6 Å². The van der Waals surface area contributed by atoms with Gasteiger partial charge in [0.05, 0.1) is 22.5 Å². The molecule has 6 nitrogen and oxygen atoms in total. The van der Waals surface area contributed by atoms with Crippen LogP contribution in [0.25, 0.3) is 22.6 Å². The van der Waals surface area contributed by atoms with Crippen LogP contribution in [0.5, 0.6) is 5.75 Å². The molecule has 0 aliphatic rings. The number of nitrogens with zero attached hydrogens (tertiary/aromatic N) is 4. The van der Waals surface area contributed by atoms with Gasteiger partial charge in [-0.25, -0.2) is 18.4 Å². The van der Waals surface area contributed by atoms with E-state index in [0.717, 1.165) is 23.5 Å². The molecule has 3 heterocycles. The van der Waals surface area contributed by atoms with Gasteiger partial charge in [-0.2, -0.15) is 5.10 Å².